The first-order valence-electron chi connectivity index (χ1n) is 6.43. The molecular weight excluding hydrogens is 198 g/mol. The predicted molar refractivity (Wildman–Crippen MR) is 66.0 cm³/mol. The molecule has 2 unspecified atom stereocenters. The van der Waals surface area contributed by atoms with Crippen LogP contribution >= 0.6 is 0 Å². The van der Waals surface area contributed by atoms with Gasteiger partial charge in [-0.25, -0.2) is 0 Å². The van der Waals surface area contributed by atoms with Crippen LogP contribution in [0.2, 0.25) is 0 Å². The number of rotatable bonds is 5. The van der Waals surface area contributed by atoms with Crippen molar-refractivity contribution in [2.75, 3.05) is 7.11 Å². The Kier molecular flexibility index (Phi) is 4.38. The van der Waals surface area contributed by atoms with Crippen molar-refractivity contribution in [1.82, 2.24) is 0 Å². The van der Waals surface area contributed by atoms with Crippen molar-refractivity contribution in [3.63, 3.8) is 0 Å². The zero-order valence-corrected chi connectivity index (χ0v) is 11.2. The zero-order valence-electron chi connectivity index (χ0n) is 11.2. The molecule has 1 fully saturated rings. The molecule has 1 aliphatic carbocycles. The molecular formula is C14H25NO. The van der Waals surface area contributed by atoms with Crippen molar-refractivity contribution in [2.45, 2.75) is 64.9 Å². The largest absolute Gasteiger partial charge is 0.379 e. The highest BCUT2D eigenvalue weighted by atomic mass is 16.5. The van der Waals surface area contributed by atoms with Gasteiger partial charge in [-0.3, -0.25) is 0 Å². The third-order valence-electron chi connectivity index (χ3n) is 4.28. The van der Waals surface area contributed by atoms with Crippen LogP contribution in [0.3, 0.4) is 0 Å². The number of nitrogens with zero attached hydrogens (tertiary/aromatic N) is 1. The van der Waals surface area contributed by atoms with Crippen LogP contribution in [0.25, 0.3) is 0 Å². The molecule has 16 heavy (non-hydrogen) atoms. The highest BCUT2D eigenvalue weighted by Crippen LogP contribution is 2.46. The Hall–Kier alpha value is -0.550. The molecule has 0 aromatic rings. The third kappa shape index (κ3) is 3.22. The number of methoxy groups -OCH3 is 1. The number of ether oxygens (including phenoxy) is 1. The molecule has 1 aliphatic rings. The van der Waals surface area contributed by atoms with Crippen LogP contribution in [0.5, 0.6) is 0 Å². The first kappa shape index (κ1) is 13.5. The summed E-state index contributed by atoms with van der Waals surface area (Å²) in [5.74, 6) is 0.769. The minimum Gasteiger partial charge on any atom is -0.379 e. The molecule has 0 N–H and O–H groups in total. The summed E-state index contributed by atoms with van der Waals surface area (Å²) in [5, 5.41) is 9.41. The molecule has 1 saturated carbocycles. The summed E-state index contributed by atoms with van der Waals surface area (Å²) in [6.07, 6.45) is 6.60. The summed E-state index contributed by atoms with van der Waals surface area (Å²) >= 11 is 0. The van der Waals surface area contributed by atoms with Gasteiger partial charge in [-0.05, 0) is 51.9 Å². The summed E-state index contributed by atoms with van der Waals surface area (Å²) in [6, 6.07) is 2.58. The van der Waals surface area contributed by atoms with Crippen LogP contribution in [0.4, 0.5) is 0 Å². The van der Waals surface area contributed by atoms with Gasteiger partial charge in [0.1, 0.15) is 0 Å². The third-order valence-corrected chi connectivity index (χ3v) is 4.28. The Labute approximate surface area is 100.0 Å². The molecule has 0 radical (unpaired) electrons. The molecule has 0 heterocycles. The Morgan fingerprint density at radius 2 is 2.19 bits per heavy atom. The zero-order chi connectivity index (χ0) is 12.2. The maximum atomic E-state index is 9.41. The quantitative estimate of drug-likeness (QED) is 0.708. The average molecular weight is 223 g/mol. The van der Waals surface area contributed by atoms with E-state index >= 15 is 0 Å². The Balaban J connectivity index is 2.54. The molecule has 92 valence electrons. The molecule has 0 bridgehead atoms. The van der Waals surface area contributed by atoms with Gasteiger partial charge in [0.2, 0.25) is 0 Å². The van der Waals surface area contributed by atoms with E-state index in [0.29, 0.717) is 0 Å². The fourth-order valence-corrected chi connectivity index (χ4v) is 2.61. The molecule has 2 atom stereocenters. The van der Waals surface area contributed by atoms with Gasteiger partial charge in [0.15, 0.2) is 0 Å². The first-order valence-corrected chi connectivity index (χ1v) is 6.43. The van der Waals surface area contributed by atoms with Crippen LogP contribution < -0.4 is 0 Å². The number of hydrogen-bond acceptors (Lipinski definition) is 2. The highest BCUT2D eigenvalue weighted by molar-refractivity contribution is 5.04. The van der Waals surface area contributed by atoms with Gasteiger partial charge < -0.3 is 4.74 Å². The van der Waals surface area contributed by atoms with E-state index in [2.05, 4.69) is 26.8 Å². The van der Waals surface area contributed by atoms with E-state index in [4.69, 9.17) is 4.74 Å². The Bertz CT molecular complexity index is 266. The average Bonchev–Trinajstić information content (AvgIpc) is 2.71. The van der Waals surface area contributed by atoms with Crippen LogP contribution in [0, 0.1) is 22.7 Å². The fraction of sp³-hybridized carbons (Fsp3) is 0.929. The van der Waals surface area contributed by atoms with Gasteiger partial charge >= 0.3 is 0 Å². The minimum atomic E-state index is -0.0891. The van der Waals surface area contributed by atoms with Crippen molar-refractivity contribution in [3.8, 4) is 6.07 Å². The normalized spacial score (nSPS) is 30.3. The maximum Gasteiger partial charge on any atom is 0.0689 e. The van der Waals surface area contributed by atoms with E-state index in [1.165, 1.54) is 12.8 Å². The van der Waals surface area contributed by atoms with E-state index in [1.54, 1.807) is 7.11 Å². The predicted octanol–water partition coefficient (Wildman–Crippen LogP) is 3.91. The molecule has 0 aromatic heterocycles. The summed E-state index contributed by atoms with van der Waals surface area (Å²) in [5.41, 5.74) is -0.148. The lowest BCUT2D eigenvalue weighted by Crippen LogP contribution is -2.26. The molecule has 2 heteroatoms. The van der Waals surface area contributed by atoms with E-state index in [9.17, 15) is 5.26 Å². The van der Waals surface area contributed by atoms with Crippen LogP contribution in [0.15, 0.2) is 0 Å². The summed E-state index contributed by atoms with van der Waals surface area (Å²) < 4.78 is 5.43. The lowest BCUT2D eigenvalue weighted by Gasteiger charge is -2.28. The molecule has 0 aromatic carbocycles. The number of hydrogen-bond donors (Lipinski definition) is 0. The standard InChI is InChI=1S/C14H25NO/c1-5-12-6-7-14(10-12,11-15)9-8-13(2,3)16-4/h12H,5-10H2,1-4H3. The molecule has 0 aliphatic heterocycles. The van der Waals surface area contributed by atoms with Gasteiger partial charge in [0.25, 0.3) is 0 Å². The summed E-state index contributed by atoms with van der Waals surface area (Å²) in [7, 11) is 1.75. The lowest BCUT2D eigenvalue weighted by molar-refractivity contribution is 0.00720. The second-order valence-corrected chi connectivity index (χ2v) is 5.87. The first-order chi connectivity index (χ1) is 7.47. The van der Waals surface area contributed by atoms with Gasteiger partial charge in [-0.2, -0.15) is 5.26 Å². The van der Waals surface area contributed by atoms with E-state index in [0.717, 1.165) is 31.6 Å². The monoisotopic (exact) mass is 223 g/mol. The molecule has 0 amide bonds. The van der Waals surface area contributed by atoms with Gasteiger partial charge in [-0.15, -0.1) is 0 Å². The smallest absolute Gasteiger partial charge is 0.0689 e. The maximum absolute atomic E-state index is 9.41. The lowest BCUT2D eigenvalue weighted by atomic mass is 9.79. The van der Waals surface area contributed by atoms with Crippen LogP contribution in [-0.2, 0) is 4.74 Å². The van der Waals surface area contributed by atoms with Crippen LogP contribution in [-0.4, -0.2) is 12.7 Å². The molecule has 0 saturated heterocycles. The van der Waals surface area contributed by atoms with Crippen molar-refractivity contribution in [3.05, 3.63) is 0 Å². The van der Waals surface area contributed by atoms with Crippen molar-refractivity contribution in [1.29, 1.82) is 5.26 Å². The second kappa shape index (κ2) is 5.19. The van der Waals surface area contributed by atoms with Crippen molar-refractivity contribution in [2.24, 2.45) is 11.3 Å². The number of nitriles is 1. The topological polar surface area (TPSA) is 33.0 Å². The fourth-order valence-electron chi connectivity index (χ4n) is 2.61. The van der Waals surface area contributed by atoms with E-state index < -0.39 is 0 Å². The van der Waals surface area contributed by atoms with Gasteiger partial charge in [-0.1, -0.05) is 13.3 Å². The minimum absolute atomic E-state index is 0.0591. The molecule has 0 spiro atoms. The summed E-state index contributed by atoms with van der Waals surface area (Å²) in [4.78, 5) is 0. The molecule has 1 rings (SSSR count). The Morgan fingerprint density at radius 3 is 2.62 bits per heavy atom. The summed E-state index contributed by atoms with van der Waals surface area (Å²) in [6.45, 7) is 6.44. The van der Waals surface area contributed by atoms with Crippen molar-refractivity contribution < 1.29 is 4.74 Å². The van der Waals surface area contributed by atoms with E-state index in [1.807, 2.05) is 0 Å². The van der Waals surface area contributed by atoms with E-state index in [-0.39, 0.29) is 11.0 Å². The highest BCUT2D eigenvalue weighted by Gasteiger charge is 2.39. The van der Waals surface area contributed by atoms with Crippen molar-refractivity contribution >= 4 is 0 Å². The molecule has 2 nitrogen and oxygen atoms in total. The van der Waals surface area contributed by atoms with Gasteiger partial charge in [0.05, 0.1) is 17.1 Å². The van der Waals surface area contributed by atoms with Gasteiger partial charge in [0, 0.05) is 7.11 Å². The SMILES string of the molecule is CCC1CCC(C#N)(CCC(C)(C)OC)C1. The Morgan fingerprint density at radius 1 is 1.50 bits per heavy atom. The van der Waals surface area contributed by atoms with Crippen LogP contribution in [0.1, 0.15) is 59.3 Å². The second-order valence-electron chi connectivity index (χ2n) is 5.87.